The standard InChI is InChI=1S/C20H15NO3/c1-20(2)15-16(21(19(20)24)12-8-4-3-5-9-12)18(23)14-11-7-6-10-13(14)17(15)22/h3-11H,1-2H3. The van der Waals surface area contributed by atoms with Gasteiger partial charge in [-0.25, -0.2) is 0 Å². The molecule has 0 saturated carbocycles. The van der Waals surface area contributed by atoms with Crippen LogP contribution in [-0.4, -0.2) is 17.5 Å². The highest BCUT2D eigenvalue weighted by Gasteiger charge is 2.53. The molecule has 4 nitrogen and oxygen atoms in total. The molecule has 24 heavy (non-hydrogen) atoms. The summed E-state index contributed by atoms with van der Waals surface area (Å²) in [6, 6.07) is 15.7. The van der Waals surface area contributed by atoms with E-state index in [4.69, 9.17) is 0 Å². The minimum absolute atomic E-state index is 0.194. The van der Waals surface area contributed by atoms with Crippen LogP contribution in [0.4, 0.5) is 5.69 Å². The molecule has 118 valence electrons. The number of amides is 1. The Kier molecular flexibility index (Phi) is 2.88. The number of carbonyl (C=O) groups excluding carboxylic acids is 3. The maximum atomic E-state index is 13.1. The highest BCUT2D eigenvalue weighted by molar-refractivity contribution is 6.35. The summed E-state index contributed by atoms with van der Waals surface area (Å²) < 4.78 is 0. The van der Waals surface area contributed by atoms with Crippen LogP contribution < -0.4 is 4.90 Å². The zero-order valence-electron chi connectivity index (χ0n) is 13.4. The number of fused-ring (bicyclic) bond motifs is 1. The van der Waals surface area contributed by atoms with Crippen LogP contribution in [0.5, 0.6) is 0 Å². The minimum Gasteiger partial charge on any atom is -0.289 e. The number of carbonyl (C=O) groups is 3. The number of allylic oxidation sites excluding steroid dienone is 1. The molecule has 0 N–H and O–H groups in total. The monoisotopic (exact) mass is 317 g/mol. The topological polar surface area (TPSA) is 54.5 Å². The molecule has 1 aliphatic carbocycles. The van der Waals surface area contributed by atoms with E-state index in [1.165, 1.54) is 4.90 Å². The van der Waals surface area contributed by atoms with Gasteiger partial charge in [-0.1, -0.05) is 42.5 Å². The number of benzene rings is 2. The van der Waals surface area contributed by atoms with Gasteiger partial charge in [0.15, 0.2) is 5.78 Å². The number of ketones is 2. The molecule has 0 spiro atoms. The quantitative estimate of drug-likeness (QED) is 0.810. The van der Waals surface area contributed by atoms with Crippen LogP contribution in [0.3, 0.4) is 0 Å². The van der Waals surface area contributed by atoms with E-state index in [9.17, 15) is 14.4 Å². The molecule has 0 atom stereocenters. The first-order valence-electron chi connectivity index (χ1n) is 7.77. The van der Waals surface area contributed by atoms with Crippen molar-refractivity contribution in [1.29, 1.82) is 0 Å². The summed E-state index contributed by atoms with van der Waals surface area (Å²) in [6.45, 7) is 3.40. The van der Waals surface area contributed by atoms with Gasteiger partial charge in [-0.3, -0.25) is 19.3 Å². The number of anilines is 1. The van der Waals surface area contributed by atoms with Crippen molar-refractivity contribution < 1.29 is 14.4 Å². The first-order valence-corrected chi connectivity index (χ1v) is 7.77. The zero-order valence-corrected chi connectivity index (χ0v) is 13.4. The Morgan fingerprint density at radius 1 is 0.750 bits per heavy atom. The Balaban J connectivity index is 2.01. The largest absolute Gasteiger partial charge is 0.289 e. The third-order valence-corrected chi connectivity index (χ3v) is 4.70. The van der Waals surface area contributed by atoms with Crippen LogP contribution in [0.15, 0.2) is 65.9 Å². The number of hydrogen-bond acceptors (Lipinski definition) is 3. The smallest absolute Gasteiger partial charge is 0.242 e. The molecule has 4 rings (SSSR count). The van der Waals surface area contributed by atoms with Crippen LogP contribution in [-0.2, 0) is 4.79 Å². The van der Waals surface area contributed by atoms with Crippen LogP contribution in [0.2, 0.25) is 0 Å². The molecule has 0 saturated heterocycles. The summed E-state index contributed by atoms with van der Waals surface area (Å²) in [5.41, 5.74) is 0.775. The SMILES string of the molecule is CC1(C)C(=O)N(c2ccccc2)C2=C1C(=O)c1ccccc1C2=O. The summed E-state index contributed by atoms with van der Waals surface area (Å²) in [6.07, 6.45) is 0. The predicted molar refractivity (Wildman–Crippen MR) is 89.8 cm³/mol. The van der Waals surface area contributed by atoms with Gasteiger partial charge in [0.05, 0.1) is 5.41 Å². The van der Waals surface area contributed by atoms with Gasteiger partial charge in [-0.05, 0) is 26.0 Å². The van der Waals surface area contributed by atoms with Gasteiger partial charge in [0.2, 0.25) is 11.7 Å². The molecule has 0 unspecified atom stereocenters. The Bertz CT molecular complexity index is 938. The molecule has 0 radical (unpaired) electrons. The number of para-hydroxylation sites is 1. The molecule has 0 bridgehead atoms. The van der Waals surface area contributed by atoms with Crippen molar-refractivity contribution in [1.82, 2.24) is 0 Å². The fourth-order valence-corrected chi connectivity index (χ4v) is 3.47. The highest BCUT2D eigenvalue weighted by Crippen LogP contribution is 2.47. The normalized spacial score (nSPS) is 18.8. The summed E-state index contributed by atoms with van der Waals surface area (Å²) in [4.78, 5) is 40.5. The van der Waals surface area contributed by atoms with Crippen LogP contribution in [0.25, 0.3) is 0 Å². The average Bonchev–Trinajstić information content (AvgIpc) is 2.81. The van der Waals surface area contributed by atoms with Gasteiger partial charge in [-0.2, -0.15) is 0 Å². The van der Waals surface area contributed by atoms with E-state index in [2.05, 4.69) is 0 Å². The van der Waals surface area contributed by atoms with Crippen molar-refractivity contribution in [2.75, 3.05) is 4.90 Å². The molecule has 2 aromatic carbocycles. The van der Waals surface area contributed by atoms with Gasteiger partial charge in [0, 0.05) is 22.4 Å². The van der Waals surface area contributed by atoms with E-state index in [0.29, 0.717) is 22.4 Å². The van der Waals surface area contributed by atoms with Crippen LogP contribution in [0, 0.1) is 5.41 Å². The van der Waals surface area contributed by atoms with Gasteiger partial charge < -0.3 is 0 Å². The number of Topliss-reactive ketones (excluding diaryl/α,β-unsaturated/α-hetero) is 2. The molecule has 2 aromatic rings. The van der Waals surface area contributed by atoms with E-state index in [0.717, 1.165) is 0 Å². The lowest BCUT2D eigenvalue weighted by Crippen LogP contribution is -2.34. The molecule has 0 aromatic heterocycles. The van der Waals surface area contributed by atoms with Crippen molar-refractivity contribution in [3.63, 3.8) is 0 Å². The lowest BCUT2D eigenvalue weighted by Gasteiger charge is -2.22. The zero-order chi connectivity index (χ0) is 17.1. The summed E-state index contributed by atoms with van der Waals surface area (Å²) >= 11 is 0. The van der Waals surface area contributed by atoms with Gasteiger partial charge in [0.1, 0.15) is 5.70 Å². The second-order valence-electron chi connectivity index (χ2n) is 6.53. The lowest BCUT2D eigenvalue weighted by molar-refractivity contribution is -0.123. The lowest BCUT2D eigenvalue weighted by atomic mass is 9.76. The molecule has 2 aliphatic rings. The Labute approximate surface area is 139 Å². The number of hydrogen-bond donors (Lipinski definition) is 0. The van der Waals surface area contributed by atoms with E-state index in [1.54, 1.807) is 62.4 Å². The van der Waals surface area contributed by atoms with Gasteiger partial charge >= 0.3 is 0 Å². The summed E-state index contributed by atoms with van der Waals surface area (Å²) in [5, 5.41) is 0. The van der Waals surface area contributed by atoms with Crippen molar-refractivity contribution in [3.05, 3.63) is 77.0 Å². The van der Waals surface area contributed by atoms with Crippen molar-refractivity contribution >= 4 is 23.2 Å². The molecule has 1 heterocycles. The van der Waals surface area contributed by atoms with Crippen molar-refractivity contribution in [2.45, 2.75) is 13.8 Å². The number of rotatable bonds is 1. The molecule has 1 amide bonds. The Morgan fingerprint density at radius 2 is 1.29 bits per heavy atom. The van der Waals surface area contributed by atoms with E-state index < -0.39 is 5.41 Å². The first-order chi connectivity index (χ1) is 11.4. The second-order valence-corrected chi connectivity index (χ2v) is 6.53. The summed E-state index contributed by atoms with van der Waals surface area (Å²) in [5.74, 6) is -0.770. The Hall–Kier alpha value is -3.01. The third-order valence-electron chi connectivity index (χ3n) is 4.70. The van der Waals surface area contributed by atoms with Crippen LogP contribution in [0.1, 0.15) is 34.6 Å². The molecule has 1 aliphatic heterocycles. The summed E-state index contributed by atoms with van der Waals surface area (Å²) in [7, 11) is 0. The fraction of sp³-hybridized carbons (Fsp3) is 0.150. The molecular formula is C20H15NO3. The predicted octanol–water partition coefficient (Wildman–Crippen LogP) is 3.39. The molecule has 0 fully saturated rings. The maximum Gasteiger partial charge on any atom is 0.242 e. The maximum absolute atomic E-state index is 13.1. The van der Waals surface area contributed by atoms with Crippen LogP contribution >= 0.6 is 0 Å². The van der Waals surface area contributed by atoms with E-state index in [-0.39, 0.29) is 23.2 Å². The van der Waals surface area contributed by atoms with Gasteiger partial charge in [-0.15, -0.1) is 0 Å². The molecule has 4 heteroatoms. The fourth-order valence-electron chi connectivity index (χ4n) is 3.47. The average molecular weight is 317 g/mol. The van der Waals surface area contributed by atoms with Crippen molar-refractivity contribution in [3.8, 4) is 0 Å². The number of nitrogens with zero attached hydrogens (tertiary/aromatic N) is 1. The first kappa shape index (κ1) is 14.6. The van der Waals surface area contributed by atoms with E-state index >= 15 is 0 Å². The second kappa shape index (κ2) is 4.74. The highest BCUT2D eigenvalue weighted by atomic mass is 16.2. The third kappa shape index (κ3) is 1.71. The van der Waals surface area contributed by atoms with Crippen molar-refractivity contribution in [2.24, 2.45) is 5.41 Å². The van der Waals surface area contributed by atoms with Gasteiger partial charge in [0.25, 0.3) is 0 Å². The van der Waals surface area contributed by atoms with E-state index in [1.807, 2.05) is 6.07 Å². The Morgan fingerprint density at radius 3 is 1.92 bits per heavy atom. The minimum atomic E-state index is -1.04. The molecular weight excluding hydrogens is 302 g/mol.